The van der Waals surface area contributed by atoms with E-state index in [9.17, 15) is 33.3 Å². The van der Waals surface area contributed by atoms with E-state index in [1.54, 1.807) is 18.2 Å². The lowest BCUT2D eigenvalue weighted by molar-refractivity contribution is -0.420. The maximum Gasteiger partial charge on any atom is 0.454 e. The minimum atomic E-state index is -3.55. The van der Waals surface area contributed by atoms with Crippen molar-refractivity contribution in [3.63, 3.8) is 0 Å². The summed E-state index contributed by atoms with van der Waals surface area (Å²) in [5.41, 5.74) is -0.143. The Hall–Kier alpha value is -3.98. The van der Waals surface area contributed by atoms with E-state index in [4.69, 9.17) is 4.74 Å². The Labute approximate surface area is 228 Å². The van der Waals surface area contributed by atoms with Gasteiger partial charge < -0.3 is 30.1 Å². The first-order valence-electron chi connectivity index (χ1n) is 11.8. The highest BCUT2D eigenvalue weighted by Crippen LogP contribution is 2.39. The van der Waals surface area contributed by atoms with Crippen LogP contribution in [0.5, 0.6) is 11.6 Å². The van der Waals surface area contributed by atoms with Crippen LogP contribution >= 0.6 is 11.8 Å². The quantitative estimate of drug-likeness (QED) is 0.242. The molecule has 4 heterocycles. The van der Waals surface area contributed by atoms with Crippen molar-refractivity contribution in [2.45, 2.75) is 36.2 Å². The molecule has 5 rings (SSSR count). The maximum absolute atomic E-state index is 14.5. The molecule has 14 heteroatoms. The summed E-state index contributed by atoms with van der Waals surface area (Å²) in [6.07, 6.45) is -1.93. The third kappa shape index (κ3) is 6.25. The molecule has 1 amide bonds. The van der Waals surface area contributed by atoms with Crippen LogP contribution in [-0.2, 0) is 13.2 Å². The second kappa shape index (κ2) is 11.3. The van der Waals surface area contributed by atoms with Gasteiger partial charge in [-0.15, -0.1) is 0 Å². The van der Waals surface area contributed by atoms with Gasteiger partial charge in [-0.25, -0.2) is 23.1 Å². The molecule has 0 radical (unpaired) electrons. The van der Waals surface area contributed by atoms with E-state index in [-0.39, 0.29) is 52.7 Å². The standard InChI is InChI=1S/C26H21F3N4O6S/c27-10-15-2-3-17(25(32-15)39-26(35,36)37)19-4-1-13-11-30-16(9-20(13)33-19)12-31-24(34)14-7-18(28)23-21(8-14)40-22(29)5-6-38-23/h1-4,7-9,11,22,35-37H,5-6,10,12H2,(H,31,34). The van der Waals surface area contributed by atoms with Crippen molar-refractivity contribution < 1.29 is 42.8 Å². The van der Waals surface area contributed by atoms with Crippen molar-refractivity contribution >= 4 is 28.6 Å². The number of fused-ring (bicyclic) bond motifs is 2. The van der Waals surface area contributed by atoms with E-state index in [2.05, 4.69) is 25.0 Å². The molecule has 0 saturated carbocycles. The van der Waals surface area contributed by atoms with Crippen LogP contribution < -0.4 is 14.8 Å². The Morgan fingerprint density at radius 2 is 1.98 bits per heavy atom. The molecule has 4 aromatic rings. The number of hydrogen-bond donors (Lipinski definition) is 4. The van der Waals surface area contributed by atoms with E-state index >= 15 is 0 Å². The fourth-order valence-corrected chi connectivity index (χ4v) is 4.86. The molecule has 0 bridgehead atoms. The van der Waals surface area contributed by atoms with E-state index in [1.807, 2.05) is 0 Å². The lowest BCUT2D eigenvalue weighted by Gasteiger charge is -2.17. The SMILES string of the molecule is O=C(NCc1cc2nc(-c3ccc(CF)nc3OC(O)(O)O)ccc2cn1)c1cc(F)c2c(c1)SC(F)CCO2. The van der Waals surface area contributed by atoms with Gasteiger partial charge in [0.2, 0.25) is 5.88 Å². The van der Waals surface area contributed by atoms with Crippen LogP contribution in [0.2, 0.25) is 0 Å². The molecule has 1 aliphatic rings. The number of aromatic nitrogens is 3. The summed E-state index contributed by atoms with van der Waals surface area (Å²) in [6, 6.07) is 9.96. The first-order chi connectivity index (χ1) is 19.1. The van der Waals surface area contributed by atoms with Crippen molar-refractivity contribution in [3.05, 3.63) is 71.4 Å². The van der Waals surface area contributed by atoms with Crippen LogP contribution in [0.25, 0.3) is 22.2 Å². The topological polar surface area (TPSA) is 147 Å². The first kappa shape index (κ1) is 27.6. The van der Waals surface area contributed by atoms with E-state index < -0.39 is 35.9 Å². The molecule has 1 aromatic carbocycles. The number of alkyl halides is 2. The smallest absolute Gasteiger partial charge is 0.454 e. The van der Waals surface area contributed by atoms with Crippen LogP contribution in [0, 0.1) is 5.82 Å². The zero-order valence-corrected chi connectivity index (χ0v) is 21.3. The van der Waals surface area contributed by atoms with Gasteiger partial charge in [0.15, 0.2) is 17.1 Å². The number of hydrogen-bond acceptors (Lipinski definition) is 10. The van der Waals surface area contributed by atoms with Crippen molar-refractivity contribution in [3.8, 4) is 22.9 Å². The molecule has 1 aliphatic heterocycles. The van der Waals surface area contributed by atoms with Gasteiger partial charge in [0.05, 0.1) is 46.2 Å². The predicted molar refractivity (Wildman–Crippen MR) is 136 cm³/mol. The number of halogens is 3. The second-order valence-electron chi connectivity index (χ2n) is 8.66. The average molecular weight is 575 g/mol. The van der Waals surface area contributed by atoms with Gasteiger partial charge in [-0.1, -0.05) is 11.8 Å². The Kier molecular flexibility index (Phi) is 7.76. The molecule has 40 heavy (non-hydrogen) atoms. The number of pyridine rings is 3. The van der Waals surface area contributed by atoms with Gasteiger partial charge in [-0.3, -0.25) is 9.78 Å². The third-order valence-corrected chi connectivity index (χ3v) is 6.79. The molecule has 0 saturated heterocycles. The number of rotatable bonds is 7. The van der Waals surface area contributed by atoms with Crippen LogP contribution in [0.1, 0.15) is 28.2 Å². The minimum absolute atomic E-state index is 0.00729. The lowest BCUT2D eigenvalue weighted by Crippen LogP contribution is -2.35. The molecule has 4 N–H and O–H groups in total. The van der Waals surface area contributed by atoms with Gasteiger partial charge in [0, 0.05) is 23.6 Å². The highest BCUT2D eigenvalue weighted by atomic mass is 32.2. The third-order valence-electron chi connectivity index (χ3n) is 5.74. The number of amides is 1. The highest BCUT2D eigenvalue weighted by Gasteiger charge is 2.26. The number of thioether (sulfide) groups is 1. The summed E-state index contributed by atoms with van der Waals surface area (Å²) in [5.74, 6) is -1.91. The van der Waals surface area contributed by atoms with Gasteiger partial charge in [-0.05, 0) is 42.5 Å². The number of nitrogens with one attached hydrogen (secondary N) is 1. The highest BCUT2D eigenvalue weighted by molar-refractivity contribution is 7.99. The number of carbonyl (C=O) groups excluding carboxylic acids is 1. The number of nitrogens with zero attached hydrogens (tertiary/aromatic N) is 3. The van der Waals surface area contributed by atoms with Crippen LogP contribution in [0.4, 0.5) is 13.2 Å². The molecule has 1 unspecified atom stereocenters. The molecular formula is C26H21F3N4O6S. The molecule has 10 nitrogen and oxygen atoms in total. The second-order valence-corrected chi connectivity index (χ2v) is 9.85. The van der Waals surface area contributed by atoms with Gasteiger partial charge >= 0.3 is 6.16 Å². The lowest BCUT2D eigenvalue weighted by atomic mass is 10.1. The summed E-state index contributed by atoms with van der Waals surface area (Å²) < 4.78 is 51.5. The predicted octanol–water partition coefficient (Wildman–Crippen LogP) is 3.37. The normalized spacial score (nSPS) is 15.2. The van der Waals surface area contributed by atoms with Gasteiger partial charge in [0.25, 0.3) is 5.91 Å². The summed E-state index contributed by atoms with van der Waals surface area (Å²) in [4.78, 5) is 25.6. The number of benzene rings is 1. The van der Waals surface area contributed by atoms with Gasteiger partial charge in [0.1, 0.15) is 6.67 Å². The molecule has 0 spiro atoms. The van der Waals surface area contributed by atoms with Crippen molar-refractivity contribution in [1.29, 1.82) is 0 Å². The molecule has 1 atom stereocenters. The summed E-state index contributed by atoms with van der Waals surface area (Å²) in [6.45, 7) is -0.970. The van der Waals surface area contributed by atoms with Crippen molar-refractivity contribution in [2.24, 2.45) is 0 Å². The molecule has 208 valence electrons. The van der Waals surface area contributed by atoms with Crippen molar-refractivity contribution in [1.82, 2.24) is 20.3 Å². The van der Waals surface area contributed by atoms with Crippen LogP contribution in [0.3, 0.4) is 0 Å². The molecule has 3 aromatic heterocycles. The van der Waals surface area contributed by atoms with E-state index in [0.717, 1.165) is 17.8 Å². The number of carbonyl (C=O) groups is 1. The Morgan fingerprint density at radius 1 is 1.15 bits per heavy atom. The minimum Gasteiger partial charge on any atom is -0.489 e. The summed E-state index contributed by atoms with van der Waals surface area (Å²) >= 11 is 0.794. The Balaban J connectivity index is 1.37. The Morgan fingerprint density at radius 3 is 2.75 bits per heavy atom. The fraction of sp³-hybridized carbons (Fsp3) is 0.231. The van der Waals surface area contributed by atoms with Gasteiger partial charge in [-0.2, -0.15) is 0 Å². The first-order valence-corrected chi connectivity index (χ1v) is 12.7. The Bertz CT molecular complexity index is 1590. The maximum atomic E-state index is 14.5. The number of ether oxygens (including phenoxy) is 2. The fourth-order valence-electron chi connectivity index (χ4n) is 3.91. The summed E-state index contributed by atoms with van der Waals surface area (Å²) in [7, 11) is 0. The average Bonchev–Trinajstić information content (AvgIpc) is 3.11. The van der Waals surface area contributed by atoms with Crippen LogP contribution in [0.15, 0.2) is 53.6 Å². The van der Waals surface area contributed by atoms with Crippen LogP contribution in [-0.4, -0.2) is 54.4 Å². The largest absolute Gasteiger partial charge is 0.489 e. The number of aliphatic hydroxyl groups is 3. The molecule has 0 fully saturated rings. The zero-order chi connectivity index (χ0) is 28.4. The van der Waals surface area contributed by atoms with E-state index in [0.29, 0.717) is 16.6 Å². The molecule has 0 aliphatic carbocycles. The zero-order valence-electron chi connectivity index (χ0n) is 20.5. The van der Waals surface area contributed by atoms with E-state index in [1.165, 1.54) is 24.4 Å². The summed E-state index contributed by atoms with van der Waals surface area (Å²) in [5, 5.41) is 31.0. The van der Waals surface area contributed by atoms with Crippen molar-refractivity contribution in [2.75, 3.05) is 6.61 Å². The molecular weight excluding hydrogens is 553 g/mol. The monoisotopic (exact) mass is 574 g/mol.